The summed E-state index contributed by atoms with van der Waals surface area (Å²) in [6.45, 7) is 8.56. The van der Waals surface area contributed by atoms with Gasteiger partial charge in [0.05, 0.1) is 16.0 Å². The lowest BCUT2D eigenvalue weighted by molar-refractivity contribution is -0.385. The lowest BCUT2D eigenvalue weighted by atomic mass is 10.1. The Morgan fingerprint density at radius 2 is 1.33 bits per heavy atom. The highest BCUT2D eigenvalue weighted by molar-refractivity contribution is 5.46. The molecule has 0 saturated heterocycles. The summed E-state index contributed by atoms with van der Waals surface area (Å²) < 4.78 is 17.2. The Bertz CT molecular complexity index is 1700. The molecular formula is C34H37N5O7. The Hall–Kier alpha value is -5.88. The van der Waals surface area contributed by atoms with Crippen molar-refractivity contribution < 1.29 is 24.1 Å². The Morgan fingerprint density at radius 1 is 0.804 bits per heavy atom. The molecule has 0 aliphatic rings. The first-order valence-electron chi connectivity index (χ1n) is 14.4. The van der Waals surface area contributed by atoms with E-state index in [9.17, 15) is 20.2 Å². The average molecular weight is 628 g/mol. The summed E-state index contributed by atoms with van der Waals surface area (Å²) in [6, 6.07) is 15.3. The third-order valence-electron chi connectivity index (χ3n) is 6.49. The number of rotatable bonds is 11. The standard InChI is InChI=1S/C12H14N4O3.C12H14O.C10H9NO3/c1-3-9-6-11(4-5-12(9)16(17)18)19-8-10-7-15(2)14-13-10;1-4-8-13-12-7-6-10(3)11(5-2)9-12;1-3-8-7-9(14-4-2)5-6-10(8)11(12)13/h4-7H,3,8H2,1-2H3;1,6-7,9H,5,8H2,2-3H3;2,5-7H,3H2,1H3. The highest BCUT2D eigenvalue weighted by atomic mass is 16.6. The van der Waals surface area contributed by atoms with Gasteiger partial charge < -0.3 is 14.2 Å². The molecule has 3 aromatic carbocycles. The van der Waals surface area contributed by atoms with Gasteiger partial charge in [-0.05, 0) is 73.7 Å². The summed E-state index contributed by atoms with van der Waals surface area (Å²) in [5.41, 5.74) is 4.81. The molecule has 12 heteroatoms. The van der Waals surface area contributed by atoms with Gasteiger partial charge in [-0.25, -0.2) is 0 Å². The smallest absolute Gasteiger partial charge is 0.272 e. The minimum absolute atomic E-state index is 0.0943. The van der Waals surface area contributed by atoms with Crippen LogP contribution in [0, 0.1) is 52.0 Å². The first kappa shape index (κ1) is 36.3. The average Bonchev–Trinajstić information content (AvgIpc) is 3.48. The molecule has 0 saturated carbocycles. The molecule has 0 bridgehead atoms. The molecule has 240 valence electrons. The number of aromatic nitrogens is 3. The number of benzene rings is 3. The van der Waals surface area contributed by atoms with Crippen molar-refractivity contribution in [2.24, 2.45) is 7.05 Å². The minimum atomic E-state index is -0.418. The van der Waals surface area contributed by atoms with E-state index in [1.807, 2.05) is 32.1 Å². The molecule has 0 atom stereocenters. The molecule has 1 heterocycles. The maximum Gasteiger partial charge on any atom is 0.272 e. The van der Waals surface area contributed by atoms with Crippen LogP contribution in [0.2, 0.25) is 0 Å². The van der Waals surface area contributed by atoms with Crippen molar-refractivity contribution in [1.82, 2.24) is 15.0 Å². The highest BCUT2D eigenvalue weighted by Gasteiger charge is 2.14. The monoisotopic (exact) mass is 627 g/mol. The molecule has 4 aromatic rings. The van der Waals surface area contributed by atoms with Gasteiger partial charge in [0, 0.05) is 30.3 Å². The maximum atomic E-state index is 10.8. The van der Waals surface area contributed by atoms with Gasteiger partial charge >= 0.3 is 0 Å². The van der Waals surface area contributed by atoms with Crippen LogP contribution in [-0.2, 0) is 32.9 Å². The fourth-order valence-corrected chi connectivity index (χ4v) is 4.13. The molecule has 12 nitrogen and oxygen atoms in total. The molecule has 0 spiro atoms. The van der Waals surface area contributed by atoms with Gasteiger partial charge in [-0.1, -0.05) is 44.4 Å². The van der Waals surface area contributed by atoms with E-state index in [0.717, 1.165) is 12.2 Å². The van der Waals surface area contributed by atoms with E-state index in [1.54, 1.807) is 36.1 Å². The van der Waals surface area contributed by atoms with Crippen molar-refractivity contribution in [3.8, 4) is 42.1 Å². The van der Waals surface area contributed by atoms with Crippen molar-refractivity contribution in [3.63, 3.8) is 0 Å². The van der Waals surface area contributed by atoms with Crippen LogP contribution in [0.15, 0.2) is 60.8 Å². The zero-order valence-corrected chi connectivity index (χ0v) is 26.6. The predicted molar refractivity (Wildman–Crippen MR) is 175 cm³/mol. The first-order chi connectivity index (χ1) is 22.1. The van der Waals surface area contributed by atoms with Gasteiger partial charge in [0.1, 0.15) is 42.3 Å². The second kappa shape index (κ2) is 18.7. The molecule has 0 aliphatic carbocycles. The maximum absolute atomic E-state index is 10.8. The van der Waals surface area contributed by atoms with Gasteiger partial charge in [-0.3, -0.25) is 24.9 Å². The number of hydrogen-bond donors (Lipinski definition) is 0. The van der Waals surface area contributed by atoms with Crippen molar-refractivity contribution >= 4 is 11.4 Å². The van der Waals surface area contributed by atoms with Crippen molar-refractivity contribution in [2.75, 3.05) is 6.61 Å². The first-order valence-corrected chi connectivity index (χ1v) is 14.4. The predicted octanol–water partition coefficient (Wildman–Crippen LogP) is 6.56. The summed E-state index contributed by atoms with van der Waals surface area (Å²) in [7, 11) is 1.78. The third kappa shape index (κ3) is 11.3. The zero-order chi connectivity index (χ0) is 34.1. The number of nitro benzene ring substituents is 2. The van der Waals surface area contributed by atoms with Gasteiger partial charge in [-0.2, -0.15) is 0 Å². The molecule has 0 amide bonds. The molecule has 1 aromatic heterocycles. The van der Waals surface area contributed by atoms with Crippen LogP contribution in [0.25, 0.3) is 0 Å². The van der Waals surface area contributed by atoms with Crippen LogP contribution < -0.4 is 14.2 Å². The minimum Gasteiger partial charge on any atom is -0.487 e. The van der Waals surface area contributed by atoms with Crippen molar-refractivity contribution in [1.29, 1.82) is 0 Å². The molecule has 0 fully saturated rings. The van der Waals surface area contributed by atoms with Crippen LogP contribution in [-0.4, -0.2) is 31.4 Å². The van der Waals surface area contributed by atoms with Crippen LogP contribution in [0.5, 0.6) is 17.2 Å². The van der Waals surface area contributed by atoms with Gasteiger partial charge in [0.2, 0.25) is 0 Å². The summed E-state index contributed by atoms with van der Waals surface area (Å²) >= 11 is 0. The summed E-state index contributed by atoms with van der Waals surface area (Å²) in [6.07, 6.45) is 16.0. The fourth-order valence-electron chi connectivity index (χ4n) is 4.13. The quantitative estimate of drug-likeness (QED) is 0.102. The number of aryl methyl sites for hydroxylation is 5. The Labute approximate surface area is 268 Å². The van der Waals surface area contributed by atoms with E-state index in [1.165, 1.54) is 29.3 Å². The third-order valence-corrected chi connectivity index (χ3v) is 6.49. The molecule has 0 radical (unpaired) electrons. The molecule has 4 rings (SSSR count). The SMILES string of the molecule is C#CCOc1ccc(C)c(CC)c1.C#COc1ccc([N+](=O)[O-])c(CC)c1.CCc1cc(OCc2cn(C)nn2)ccc1[N+](=O)[O-]. The number of nitrogens with zero attached hydrogens (tertiary/aromatic N) is 5. The van der Waals surface area contributed by atoms with E-state index in [0.29, 0.717) is 47.8 Å². The zero-order valence-electron chi connectivity index (χ0n) is 26.6. The van der Waals surface area contributed by atoms with Crippen molar-refractivity contribution in [3.05, 3.63) is 109 Å². The lowest BCUT2D eigenvalue weighted by Gasteiger charge is -2.06. The Balaban J connectivity index is 0.000000246. The van der Waals surface area contributed by atoms with Crippen LogP contribution >= 0.6 is 0 Å². The highest BCUT2D eigenvalue weighted by Crippen LogP contribution is 2.25. The normalized spacial score (nSPS) is 9.72. The van der Waals surface area contributed by atoms with E-state index >= 15 is 0 Å². The van der Waals surface area contributed by atoms with Crippen LogP contribution in [0.4, 0.5) is 11.4 Å². The summed E-state index contributed by atoms with van der Waals surface area (Å²) in [5.74, 6) is 4.35. The van der Waals surface area contributed by atoms with Crippen molar-refractivity contribution in [2.45, 2.75) is 53.6 Å². The molecular weight excluding hydrogens is 590 g/mol. The van der Waals surface area contributed by atoms with Gasteiger partial charge in [0.15, 0.2) is 0 Å². The topological polar surface area (TPSA) is 145 Å². The largest absolute Gasteiger partial charge is 0.487 e. The second-order valence-corrected chi connectivity index (χ2v) is 9.63. The molecule has 0 N–H and O–H groups in total. The second-order valence-electron chi connectivity index (χ2n) is 9.63. The van der Waals surface area contributed by atoms with E-state index in [2.05, 4.69) is 36.1 Å². The number of ether oxygens (including phenoxy) is 3. The van der Waals surface area contributed by atoms with Crippen LogP contribution in [0.3, 0.4) is 0 Å². The lowest BCUT2D eigenvalue weighted by Crippen LogP contribution is -1.99. The van der Waals surface area contributed by atoms with Crippen LogP contribution in [0.1, 0.15) is 48.7 Å². The van der Waals surface area contributed by atoms with Gasteiger partial charge in [0.25, 0.3) is 11.4 Å². The molecule has 46 heavy (non-hydrogen) atoms. The summed E-state index contributed by atoms with van der Waals surface area (Å²) in [5, 5.41) is 29.1. The fraction of sp³-hybridized carbons (Fsp3) is 0.294. The van der Waals surface area contributed by atoms with Gasteiger partial charge in [-0.15, -0.1) is 11.5 Å². The number of nitro groups is 2. The van der Waals surface area contributed by atoms with E-state index in [4.69, 9.17) is 27.1 Å². The molecule has 0 aliphatic heterocycles. The number of terminal acetylenes is 2. The molecule has 0 unspecified atom stereocenters. The number of hydrogen-bond acceptors (Lipinski definition) is 9. The Morgan fingerprint density at radius 3 is 1.83 bits per heavy atom. The Kier molecular flexibility index (Phi) is 14.8. The summed E-state index contributed by atoms with van der Waals surface area (Å²) in [4.78, 5) is 20.6. The van der Waals surface area contributed by atoms with E-state index in [-0.39, 0.29) is 22.9 Å². The van der Waals surface area contributed by atoms with E-state index < -0.39 is 4.92 Å².